The quantitative estimate of drug-likeness (QED) is 0.691. The van der Waals surface area contributed by atoms with Crippen molar-refractivity contribution in [2.24, 2.45) is 5.41 Å². The van der Waals surface area contributed by atoms with Gasteiger partial charge in [0.1, 0.15) is 0 Å². The largest absolute Gasteiger partial charge is 0.0921 e. The molecule has 0 aromatic carbocycles. The van der Waals surface area contributed by atoms with Crippen molar-refractivity contribution in [1.82, 2.24) is 0 Å². The van der Waals surface area contributed by atoms with Gasteiger partial charge in [0.25, 0.3) is 0 Å². The minimum atomic E-state index is 0.333. The van der Waals surface area contributed by atoms with Crippen molar-refractivity contribution >= 4 is 47.8 Å². The summed E-state index contributed by atoms with van der Waals surface area (Å²) in [6.07, 6.45) is 1.17. The minimum absolute atomic E-state index is 0.333. The Bertz CT molecular complexity index is 76.4. The van der Waals surface area contributed by atoms with Crippen LogP contribution in [-0.2, 0) is 0 Å². The van der Waals surface area contributed by atoms with E-state index in [4.69, 9.17) is 0 Å². The highest BCUT2D eigenvalue weighted by molar-refractivity contribution is 9.24. The van der Waals surface area contributed by atoms with E-state index < -0.39 is 0 Å². The summed E-state index contributed by atoms with van der Waals surface area (Å²) in [4.78, 5) is 0. The first-order valence-electron chi connectivity index (χ1n) is 2.91. The van der Waals surface area contributed by atoms with Crippen LogP contribution in [0.3, 0.4) is 0 Å². The first-order valence-corrected chi connectivity index (χ1v) is 5.86. The van der Waals surface area contributed by atoms with Crippen molar-refractivity contribution in [2.45, 2.75) is 24.0 Å². The molecule has 0 saturated heterocycles. The number of rotatable bonds is 3. The summed E-state index contributed by atoms with van der Waals surface area (Å²) in [6.45, 7) is 4.42. The average molecular weight is 323 g/mol. The van der Waals surface area contributed by atoms with Crippen LogP contribution in [0.2, 0.25) is 0 Å². The van der Waals surface area contributed by atoms with E-state index in [0.717, 1.165) is 5.33 Å². The van der Waals surface area contributed by atoms with Gasteiger partial charge < -0.3 is 0 Å². The van der Waals surface area contributed by atoms with Crippen LogP contribution in [0.5, 0.6) is 0 Å². The van der Waals surface area contributed by atoms with Gasteiger partial charge in [-0.15, -0.1) is 0 Å². The lowest BCUT2D eigenvalue weighted by Gasteiger charge is -2.27. The van der Waals surface area contributed by atoms with Crippen LogP contribution in [0, 0.1) is 5.41 Å². The lowest BCUT2D eigenvalue weighted by Crippen LogP contribution is -2.24. The van der Waals surface area contributed by atoms with Crippen LogP contribution in [0.4, 0.5) is 0 Å². The fourth-order valence-corrected chi connectivity index (χ4v) is 2.87. The van der Waals surface area contributed by atoms with E-state index in [1.54, 1.807) is 0 Å². The number of hydrogen-bond acceptors (Lipinski definition) is 0. The van der Waals surface area contributed by atoms with Crippen LogP contribution in [0.25, 0.3) is 0 Å². The molecule has 56 valence electrons. The van der Waals surface area contributed by atoms with Gasteiger partial charge >= 0.3 is 0 Å². The van der Waals surface area contributed by atoms with Crippen LogP contribution in [-0.4, -0.2) is 9.07 Å². The normalized spacial score (nSPS) is 18.0. The standard InChI is InChI=1S/C6H11Br3/c1-3-6(2,4-7)5(8)9/h5H,3-4H2,1-2H3. The second kappa shape index (κ2) is 4.35. The van der Waals surface area contributed by atoms with Gasteiger partial charge in [0.15, 0.2) is 0 Å². The molecular weight excluding hydrogens is 312 g/mol. The van der Waals surface area contributed by atoms with Crippen LogP contribution in [0.1, 0.15) is 20.3 Å². The van der Waals surface area contributed by atoms with Gasteiger partial charge in [-0.3, -0.25) is 0 Å². The molecule has 0 aromatic rings. The molecule has 0 aromatic heterocycles. The third-order valence-electron chi connectivity index (χ3n) is 1.64. The van der Waals surface area contributed by atoms with Gasteiger partial charge in [0, 0.05) is 5.33 Å². The molecule has 0 saturated carbocycles. The fraction of sp³-hybridized carbons (Fsp3) is 1.00. The van der Waals surface area contributed by atoms with Crippen molar-refractivity contribution in [1.29, 1.82) is 0 Å². The number of halogens is 3. The Hall–Kier alpha value is 1.44. The van der Waals surface area contributed by atoms with E-state index in [-0.39, 0.29) is 0 Å². The van der Waals surface area contributed by atoms with Crippen molar-refractivity contribution < 1.29 is 0 Å². The first kappa shape index (κ1) is 10.4. The molecule has 0 aliphatic heterocycles. The molecule has 0 nitrogen and oxygen atoms in total. The van der Waals surface area contributed by atoms with E-state index in [1.807, 2.05) is 0 Å². The van der Waals surface area contributed by atoms with Crippen molar-refractivity contribution in [3.05, 3.63) is 0 Å². The Morgan fingerprint density at radius 1 is 1.44 bits per heavy atom. The molecule has 0 radical (unpaired) electrons. The first-order chi connectivity index (χ1) is 4.06. The molecule has 3 heteroatoms. The second-order valence-corrected chi connectivity index (χ2v) is 6.06. The molecular formula is C6H11Br3. The summed E-state index contributed by atoms with van der Waals surface area (Å²) in [5, 5.41) is 1.03. The van der Waals surface area contributed by atoms with Gasteiger partial charge in [0.05, 0.1) is 3.74 Å². The molecule has 1 unspecified atom stereocenters. The Balaban J connectivity index is 3.92. The summed E-state index contributed by atoms with van der Waals surface area (Å²) >= 11 is 10.5. The maximum Gasteiger partial charge on any atom is 0.0759 e. The zero-order valence-corrected chi connectivity index (χ0v) is 10.4. The molecule has 1 atom stereocenters. The smallest absolute Gasteiger partial charge is 0.0759 e. The summed E-state index contributed by atoms with van der Waals surface area (Å²) < 4.78 is 0.405. The predicted molar refractivity (Wildman–Crippen MR) is 53.8 cm³/mol. The highest BCUT2D eigenvalue weighted by atomic mass is 79.9. The third-order valence-corrected chi connectivity index (χ3v) is 5.13. The maximum atomic E-state index is 3.50. The Morgan fingerprint density at radius 2 is 1.89 bits per heavy atom. The van der Waals surface area contributed by atoms with E-state index in [2.05, 4.69) is 61.6 Å². The minimum Gasteiger partial charge on any atom is -0.0921 e. The van der Waals surface area contributed by atoms with Gasteiger partial charge in [-0.1, -0.05) is 61.6 Å². The van der Waals surface area contributed by atoms with E-state index in [0.29, 0.717) is 9.15 Å². The molecule has 0 aliphatic carbocycles. The average Bonchev–Trinajstić information content (AvgIpc) is 1.86. The molecule has 0 aliphatic rings. The van der Waals surface area contributed by atoms with Crippen LogP contribution >= 0.6 is 47.8 Å². The molecule has 0 amide bonds. The topological polar surface area (TPSA) is 0 Å². The lowest BCUT2D eigenvalue weighted by molar-refractivity contribution is 0.410. The SMILES string of the molecule is CCC(C)(CBr)C(Br)Br. The van der Waals surface area contributed by atoms with Gasteiger partial charge in [-0.05, 0) is 11.8 Å². The zero-order valence-electron chi connectivity index (χ0n) is 5.63. The van der Waals surface area contributed by atoms with Crippen LogP contribution in [0.15, 0.2) is 0 Å². The summed E-state index contributed by atoms with van der Waals surface area (Å²) in [5.74, 6) is 0. The summed E-state index contributed by atoms with van der Waals surface area (Å²) in [6, 6.07) is 0. The van der Waals surface area contributed by atoms with Crippen molar-refractivity contribution in [3.8, 4) is 0 Å². The third kappa shape index (κ3) is 2.89. The predicted octanol–water partition coefficient (Wildman–Crippen LogP) is 3.91. The van der Waals surface area contributed by atoms with Crippen molar-refractivity contribution in [3.63, 3.8) is 0 Å². The molecule has 0 heterocycles. The lowest BCUT2D eigenvalue weighted by atomic mass is 9.93. The molecule has 9 heavy (non-hydrogen) atoms. The van der Waals surface area contributed by atoms with Gasteiger partial charge in [0.2, 0.25) is 0 Å². The van der Waals surface area contributed by atoms with Crippen LogP contribution < -0.4 is 0 Å². The maximum absolute atomic E-state index is 3.50. The molecule has 0 fully saturated rings. The monoisotopic (exact) mass is 320 g/mol. The molecule has 0 bridgehead atoms. The highest BCUT2D eigenvalue weighted by Gasteiger charge is 2.27. The Morgan fingerprint density at radius 3 is 1.89 bits per heavy atom. The fourth-order valence-electron chi connectivity index (χ4n) is 0.307. The molecule has 0 spiro atoms. The number of alkyl halides is 3. The van der Waals surface area contributed by atoms with Gasteiger partial charge in [-0.25, -0.2) is 0 Å². The highest BCUT2D eigenvalue weighted by Crippen LogP contribution is 2.36. The summed E-state index contributed by atoms with van der Waals surface area (Å²) in [5.41, 5.74) is 0.333. The Kier molecular flexibility index (Phi) is 5.04. The molecule has 0 rings (SSSR count). The van der Waals surface area contributed by atoms with Gasteiger partial charge in [-0.2, -0.15) is 0 Å². The van der Waals surface area contributed by atoms with Crippen molar-refractivity contribution in [2.75, 3.05) is 5.33 Å². The Labute approximate surface area is 82.2 Å². The molecule has 0 N–H and O–H groups in total. The zero-order chi connectivity index (χ0) is 7.49. The van der Waals surface area contributed by atoms with E-state index in [9.17, 15) is 0 Å². The van der Waals surface area contributed by atoms with E-state index >= 15 is 0 Å². The van der Waals surface area contributed by atoms with E-state index in [1.165, 1.54) is 6.42 Å². The second-order valence-electron chi connectivity index (χ2n) is 2.44. The number of hydrogen-bond donors (Lipinski definition) is 0. The summed E-state index contributed by atoms with van der Waals surface area (Å²) in [7, 11) is 0.